The quantitative estimate of drug-likeness (QED) is 0.0249. The molecule has 0 bridgehead atoms. The number of rotatable bonds is 22. The maximum absolute atomic E-state index is 14.1. The number of aryl methyl sites for hydroxylation is 1. The first-order valence-electron chi connectivity index (χ1n) is 23.6. The molecule has 0 saturated carbocycles. The van der Waals surface area contributed by atoms with Gasteiger partial charge in [-0.3, -0.25) is 42.3 Å². The number of nitrogen functional groups attached to an aromatic ring is 2. The Labute approximate surface area is 453 Å². The number of aromatic nitrogens is 10. The van der Waals surface area contributed by atoms with Gasteiger partial charge < -0.3 is 84.8 Å². The van der Waals surface area contributed by atoms with Crippen LogP contribution in [-0.2, 0) is 83.0 Å². The average molecular weight is 1230 g/mol. The molecule has 9 rings (SSSR count). The Morgan fingerprint density at radius 2 is 1.45 bits per heavy atom. The van der Waals surface area contributed by atoms with Crippen LogP contribution in [0.15, 0.2) is 39.1 Å². The van der Waals surface area contributed by atoms with Crippen molar-refractivity contribution >= 4 is 93.9 Å². The Bertz CT molecular complexity index is 3540. The third-order valence-electron chi connectivity index (χ3n) is 13.1. The molecule has 0 aromatic carbocycles. The summed E-state index contributed by atoms with van der Waals surface area (Å²) in [5.74, 6) is -1.43. The number of ether oxygens (including phenoxy) is 5. The summed E-state index contributed by atoms with van der Waals surface area (Å²) in [5.41, 5.74) is 17.7. The molecule has 5 aromatic heterocycles. The fraction of sp³-hybridized carbons (Fsp3) is 0.579. The van der Waals surface area contributed by atoms with Gasteiger partial charge in [-0.05, 0) is 12.0 Å². The maximum Gasteiger partial charge on any atom is 0.490 e. The van der Waals surface area contributed by atoms with Crippen LogP contribution >= 0.6 is 30.2 Å². The minimum atomic E-state index is -6.16. The second kappa shape index (κ2) is 23.2. The smallest absolute Gasteiger partial charge is 0.490 e. The minimum Gasteiger partial charge on any atom is -0.780 e. The van der Waals surface area contributed by atoms with Crippen LogP contribution in [0.5, 0.6) is 0 Å². The first kappa shape index (κ1) is 59.9. The average Bonchev–Trinajstić information content (AvgIpc) is 4.40. The predicted molar refractivity (Wildman–Crippen MR) is 269 cm³/mol. The van der Waals surface area contributed by atoms with Crippen LogP contribution in [0.2, 0.25) is 0 Å². The van der Waals surface area contributed by atoms with E-state index in [4.69, 9.17) is 70.8 Å². The molecule has 37 nitrogen and oxygen atoms in total. The highest BCUT2D eigenvalue weighted by atomic mass is 32.5. The zero-order valence-electron chi connectivity index (χ0n) is 42.1. The SMILES string of the molecule is CCC1=C(N)c2ncn([C@@H]3O[C@H](COP(=O)(O)OP(=O)(O)OP(=O)(O)OC[C@H]4O[C@@H]([n+]5cn(C)c6c(=O)[nH]c(N)nc65)[C@H](O)[C@@H]4COC)[C@@H](OP([O-])(=S)OC[C@H]4O[C@@H](n5cnc6c(=O)[nH]c(N)nc65)[C@H](O)[C@@H]4O)[C@H]3OC)c2N=CC1. The molecule has 9 heterocycles. The number of phosphoric acid groups is 3. The second-order valence-electron chi connectivity index (χ2n) is 18.2. The first-order valence-corrected chi connectivity index (χ1v) is 30.6. The van der Waals surface area contributed by atoms with Crippen molar-refractivity contribution in [3.05, 3.63) is 51.0 Å². The summed E-state index contributed by atoms with van der Waals surface area (Å²) < 4.78 is 104. The molecule has 0 aliphatic carbocycles. The van der Waals surface area contributed by atoms with Gasteiger partial charge in [0.05, 0.1) is 57.9 Å². The van der Waals surface area contributed by atoms with Gasteiger partial charge in [0.25, 0.3) is 17.1 Å². The fourth-order valence-electron chi connectivity index (χ4n) is 9.42. The molecular weight excluding hydrogens is 1180 g/mol. The lowest BCUT2D eigenvalue weighted by Crippen LogP contribution is -2.45. The molecule has 4 aliphatic heterocycles. The number of H-pyrrole nitrogens is 2. The maximum atomic E-state index is 14.1. The molecule has 5 aromatic rings. The lowest BCUT2D eigenvalue weighted by molar-refractivity contribution is -0.745. The number of allylic oxidation sites excluding steroid dienone is 1. The van der Waals surface area contributed by atoms with Crippen molar-refractivity contribution in [2.45, 2.75) is 87.3 Å². The number of nitrogens with zero attached hydrogens (tertiary/aromatic N) is 9. The Morgan fingerprint density at radius 3 is 2.12 bits per heavy atom. The topological polar surface area (TPSA) is 524 Å². The van der Waals surface area contributed by atoms with Crippen molar-refractivity contribution in [1.29, 1.82) is 0 Å². The molecule has 3 saturated heterocycles. The summed E-state index contributed by atoms with van der Waals surface area (Å²) in [6, 6.07) is 0. The van der Waals surface area contributed by atoms with Crippen molar-refractivity contribution in [3.8, 4) is 0 Å². The van der Waals surface area contributed by atoms with E-state index in [1.807, 2.05) is 6.92 Å². The van der Waals surface area contributed by atoms with Crippen LogP contribution in [0.4, 0.5) is 17.7 Å². The Morgan fingerprint density at radius 1 is 0.812 bits per heavy atom. The standard InChI is InChI=1S/C38H54N14O23P4S/c1-5-15-6-7-42-29-21(20(15)39)43-12-50(29)36-28(66-4)27(73-79(64,80)69-10-18-25(54)26(55)35(71-18)51-13-44-22-30(51)45-37(40)47-32(22)56)19(72-36)11-68-77(60,61)75-78(62,63)74-76(58,59)67-9-17-16(8-65-3)24(53)34(70-17)52-14-49(2)23-31(52)46-38(41)48-33(23)57/h7,12-14,16-19,24-28,34-36,53-55H,5-6,8-11,39H2,1-4H3,(H9-,40,41,45,46,47,48,56,57,58,59,60,61,62,63,64,80)/t16-,17-,18-,19-,24-,25-,26-,27-,28-,34-,35-,36-,79?/m1/s1. The molecule has 3 fully saturated rings. The zero-order valence-corrected chi connectivity index (χ0v) is 46.5. The van der Waals surface area contributed by atoms with Crippen molar-refractivity contribution in [2.75, 3.05) is 52.1 Å². The van der Waals surface area contributed by atoms with Crippen molar-refractivity contribution in [1.82, 2.24) is 43.6 Å². The Kier molecular flexibility index (Phi) is 17.4. The van der Waals surface area contributed by atoms with Crippen LogP contribution in [0, 0.1) is 5.92 Å². The first-order chi connectivity index (χ1) is 37.7. The number of imidazole rings is 3. The lowest BCUT2D eigenvalue weighted by Gasteiger charge is -2.34. The molecule has 4 aliphatic rings. The third kappa shape index (κ3) is 12.2. The molecule has 0 radical (unpaired) electrons. The monoisotopic (exact) mass is 1230 g/mol. The number of nitrogens with one attached hydrogen (secondary N) is 2. The van der Waals surface area contributed by atoms with Crippen LogP contribution in [0.25, 0.3) is 28.0 Å². The van der Waals surface area contributed by atoms with Gasteiger partial charge in [0.15, 0.2) is 35.8 Å². The second-order valence-corrected chi connectivity index (χ2v) is 25.5. The molecule has 440 valence electrons. The summed E-state index contributed by atoms with van der Waals surface area (Å²) in [6.45, 7) is -6.17. The Hall–Kier alpha value is -4.66. The molecule has 0 amide bonds. The number of anilines is 2. The number of methoxy groups -OCH3 is 2. The summed E-state index contributed by atoms with van der Waals surface area (Å²) in [5, 5.41) is 33.2. The number of aromatic amines is 2. The van der Waals surface area contributed by atoms with Gasteiger partial charge in [0.1, 0.15) is 55.1 Å². The van der Waals surface area contributed by atoms with E-state index in [2.05, 4.69) is 43.5 Å². The van der Waals surface area contributed by atoms with Gasteiger partial charge in [0, 0.05) is 32.8 Å². The van der Waals surface area contributed by atoms with E-state index in [-0.39, 0.29) is 52.3 Å². The number of aliphatic hydroxyl groups excluding tert-OH is 3. The lowest BCUT2D eigenvalue weighted by atomic mass is 9.99. The van der Waals surface area contributed by atoms with Gasteiger partial charge in [0.2, 0.25) is 17.7 Å². The molecule has 4 unspecified atom stereocenters. The van der Waals surface area contributed by atoms with Crippen LogP contribution in [0.1, 0.15) is 44.1 Å². The van der Waals surface area contributed by atoms with E-state index in [0.717, 1.165) is 16.5 Å². The largest absolute Gasteiger partial charge is 0.780 e. The van der Waals surface area contributed by atoms with E-state index < -0.39 is 135 Å². The highest BCUT2D eigenvalue weighted by molar-refractivity contribution is 8.06. The van der Waals surface area contributed by atoms with Crippen molar-refractivity contribution in [2.24, 2.45) is 23.7 Å². The number of phosphoric ester groups is 2. The molecule has 80 heavy (non-hydrogen) atoms. The number of hydrogen-bond acceptors (Lipinski definition) is 29. The molecule has 16 atom stereocenters. The van der Waals surface area contributed by atoms with Crippen LogP contribution in [0.3, 0.4) is 0 Å². The normalized spacial score (nSPS) is 30.1. The molecule has 14 N–H and O–H groups in total. The third-order valence-corrected chi connectivity index (χ3v) is 18.9. The minimum absolute atomic E-state index is 0.0106. The molecule has 42 heteroatoms. The van der Waals surface area contributed by atoms with E-state index in [1.165, 1.54) is 47.6 Å². The highest BCUT2D eigenvalue weighted by Crippen LogP contribution is 2.68. The van der Waals surface area contributed by atoms with E-state index in [0.29, 0.717) is 18.5 Å². The van der Waals surface area contributed by atoms with Crippen molar-refractivity contribution < 1.29 is 104 Å². The van der Waals surface area contributed by atoms with Gasteiger partial charge >= 0.3 is 29.1 Å². The predicted octanol–water partition coefficient (Wildman–Crippen LogP) is -2.66. The van der Waals surface area contributed by atoms with Crippen LogP contribution < -0.4 is 37.8 Å². The molecular formula is C38H54N14O23P4S. The molecule has 0 spiro atoms. The summed E-state index contributed by atoms with van der Waals surface area (Å²) in [4.78, 5) is 96.6. The fourth-order valence-corrected chi connectivity index (χ4v) is 14.4. The summed E-state index contributed by atoms with van der Waals surface area (Å²) in [6.07, 6.45) is -10.6. The van der Waals surface area contributed by atoms with Crippen molar-refractivity contribution in [3.63, 3.8) is 0 Å². The Balaban J connectivity index is 0.887. The highest BCUT2D eigenvalue weighted by Gasteiger charge is 2.53. The van der Waals surface area contributed by atoms with Gasteiger partial charge in [-0.15, -0.1) is 0 Å². The number of fused-ring (bicyclic) bond motifs is 3. The van der Waals surface area contributed by atoms with Gasteiger partial charge in [-0.1, -0.05) is 23.7 Å². The number of hydrogen-bond donors (Lipinski definition) is 11. The number of aliphatic imine (C=N–C) groups is 1. The number of nitrogens with two attached hydrogens (primary N) is 3. The summed E-state index contributed by atoms with van der Waals surface area (Å²) >= 11 is 5.24. The van der Waals surface area contributed by atoms with Gasteiger partial charge in [-0.2, -0.15) is 13.6 Å². The zero-order chi connectivity index (χ0) is 58.0. The van der Waals surface area contributed by atoms with Gasteiger partial charge in [-0.25, -0.2) is 33.2 Å². The van der Waals surface area contributed by atoms with E-state index in [9.17, 15) is 58.2 Å². The van der Waals surface area contributed by atoms with E-state index in [1.54, 1.807) is 6.21 Å². The van der Waals surface area contributed by atoms with E-state index >= 15 is 0 Å². The number of aliphatic hydroxyl groups is 3. The van der Waals surface area contributed by atoms with Crippen LogP contribution in [-0.4, -0.2) is 169 Å². The summed E-state index contributed by atoms with van der Waals surface area (Å²) in [7, 11) is -13.9.